The first-order valence-electron chi connectivity index (χ1n) is 11.8. The number of anilines is 2. The zero-order valence-electron chi connectivity index (χ0n) is 18.8. The molecule has 4 N–H and O–H groups in total. The Bertz CT molecular complexity index is 1400. The van der Waals surface area contributed by atoms with Gasteiger partial charge in [0.2, 0.25) is 0 Å². The molecule has 0 unspecified atom stereocenters. The molecule has 0 amide bonds. The van der Waals surface area contributed by atoms with Gasteiger partial charge < -0.3 is 30.2 Å². The van der Waals surface area contributed by atoms with E-state index in [1.165, 1.54) is 0 Å². The van der Waals surface area contributed by atoms with Crippen LogP contribution in [-0.4, -0.2) is 60.4 Å². The fraction of sp³-hybridized carbons (Fsp3) is 0.360. The predicted molar refractivity (Wildman–Crippen MR) is 137 cm³/mol. The van der Waals surface area contributed by atoms with Gasteiger partial charge >= 0.3 is 0 Å². The summed E-state index contributed by atoms with van der Waals surface area (Å²) in [6.07, 6.45) is 1.96. The van der Waals surface area contributed by atoms with Gasteiger partial charge in [-0.25, -0.2) is 4.98 Å². The summed E-state index contributed by atoms with van der Waals surface area (Å²) < 4.78 is 5.53. The molecule has 2 fully saturated rings. The second-order valence-corrected chi connectivity index (χ2v) is 9.36. The van der Waals surface area contributed by atoms with Crippen molar-refractivity contribution in [1.29, 1.82) is 0 Å². The Morgan fingerprint density at radius 2 is 1.91 bits per heavy atom. The maximum Gasteiger partial charge on any atom is 0.261 e. The minimum Gasteiger partial charge on any atom is -0.381 e. The third-order valence-corrected chi connectivity index (χ3v) is 6.98. The first kappa shape index (κ1) is 21.5. The Hall–Kier alpha value is -3.07. The molecule has 9 heteroatoms. The van der Waals surface area contributed by atoms with E-state index in [0.717, 1.165) is 72.3 Å². The van der Waals surface area contributed by atoms with Crippen LogP contribution in [0.1, 0.15) is 12.8 Å². The molecule has 34 heavy (non-hydrogen) atoms. The number of imidazole rings is 1. The van der Waals surface area contributed by atoms with Gasteiger partial charge in [-0.3, -0.25) is 4.79 Å². The summed E-state index contributed by atoms with van der Waals surface area (Å²) in [6, 6.07) is 11.9. The van der Waals surface area contributed by atoms with Gasteiger partial charge in [-0.2, -0.15) is 0 Å². The molecule has 4 aromatic rings. The zero-order valence-corrected chi connectivity index (χ0v) is 19.5. The Labute approximate surface area is 201 Å². The highest BCUT2D eigenvalue weighted by Crippen LogP contribution is 2.35. The van der Waals surface area contributed by atoms with E-state index in [1.807, 2.05) is 24.3 Å². The number of fused-ring (bicyclic) bond motifs is 2. The van der Waals surface area contributed by atoms with Crippen LogP contribution in [0.25, 0.3) is 33.3 Å². The molecule has 0 saturated carbocycles. The quantitative estimate of drug-likeness (QED) is 0.357. The van der Waals surface area contributed by atoms with Crippen molar-refractivity contribution in [2.75, 3.05) is 49.6 Å². The fourth-order valence-electron chi connectivity index (χ4n) is 5.01. The molecular weight excluding hydrogens is 452 g/mol. The molecule has 0 bridgehead atoms. The van der Waals surface area contributed by atoms with Gasteiger partial charge in [0.1, 0.15) is 11.4 Å². The Morgan fingerprint density at radius 3 is 2.74 bits per heavy atom. The highest BCUT2D eigenvalue weighted by Gasteiger charge is 2.23. The van der Waals surface area contributed by atoms with E-state index in [0.29, 0.717) is 29.6 Å². The highest BCUT2D eigenvalue weighted by atomic mass is 35.5. The van der Waals surface area contributed by atoms with Crippen LogP contribution in [0, 0.1) is 0 Å². The minimum atomic E-state index is -0.182. The summed E-state index contributed by atoms with van der Waals surface area (Å²) in [4.78, 5) is 27.1. The molecule has 2 saturated heterocycles. The third kappa shape index (κ3) is 3.91. The lowest BCUT2D eigenvalue weighted by Gasteiger charge is -2.29. The SMILES string of the molecule is O=c1[nH]c2ccc(Cl)cc2c(NC2CCNCC2)c1-c1nc2cccc(N3CCOCC3)c2[nH]1. The average molecular weight is 479 g/mol. The monoisotopic (exact) mass is 478 g/mol. The first-order chi connectivity index (χ1) is 16.7. The van der Waals surface area contributed by atoms with Crippen LogP contribution in [0.4, 0.5) is 11.4 Å². The van der Waals surface area contributed by atoms with Crippen LogP contribution >= 0.6 is 11.6 Å². The molecule has 2 aliphatic heterocycles. The predicted octanol–water partition coefficient (Wildman–Crippen LogP) is 3.73. The molecule has 0 radical (unpaired) electrons. The number of nitrogens with zero attached hydrogens (tertiary/aromatic N) is 2. The maximum absolute atomic E-state index is 13.4. The lowest BCUT2D eigenvalue weighted by molar-refractivity contribution is 0.123. The van der Waals surface area contributed by atoms with Crippen molar-refractivity contribution in [3.05, 3.63) is 51.8 Å². The van der Waals surface area contributed by atoms with Crippen LogP contribution < -0.4 is 21.1 Å². The summed E-state index contributed by atoms with van der Waals surface area (Å²) in [5, 5.41) is 8.58. The topological polar surface area (TPSA) is 98.1 Å². The van der Waals surface area contributed by atoms with Gasteiger partial charge in [-0.05, 0) is 56.3 Å². The van der Waals surface area contributed by atoms with E-state index < -0.39 is 0 Å². The number of aromatic nitrogens is 3. The van der Waals surface area contributed by atoms with E-state index in [1.54, 1.807) is 6.07 Å². The van der Waals surface area contributed by atoms with E-state index in [9.17, 15) is 4.79 Å². The lowest BCUT2D eigenvalue weighted by Crippen LogP contribution is -2.36. The summed E-state index contributed by atoms with van der Waals surface area (Å²) in [7, 11) is 0. The number of piperidine rings is 1. The van der Waals surface area contributed by atoms with Crippen molar-refractivity contribution >= 4 is 44.9 Å². The zero-order chi connectivity index (χ0) is 23.1. The highest BCUT2D eigenvalue weighted by molar-refractivity contribution is 6.31. The van der Waals surface area contributed by atoms with Gasteiger partial charge in [0.05, 0.1) is 41.1 Å². The van der Waals surface area contributed by atoms with Crippen LogP contribution in [0.3, 0.4) is 0 Å². The molecule has 4 heterocycles. The van der Waals surface area contributed by atoms with Gasteiger partial charge in [0, 0.05) is 29.5 Å². The number of morpholine rings is 1. The van der Waals surface area contributed by atoms with Crippen LogP contribution in [0.2, 0.25) is 5.02 Å². The number of aromatic amines is 2. The van der Waals surface area contributed by atoms with Gasteiger partial charge in [0.15, 0.2) is 0 Å². The molecule has 0 atom stereocenters. The number of rotatable bonds is 4. The molecular formula is C25H27ClN6O2. The van der Waals surface area contributed by atoms with Crippen molar-refractivity contribution in [3.63, 3.8) is 0 Å². The third-order valence-electron chi connectivity index (χ3n) is 6.75. The van der Waals surface area contributed by atoms with E-state index in [-0.39, 0.29) is 11.6 Å². The number of pyridine rings is 1. The normalized spacial score (nSPS) is 17.5. The molecule has 176 valence electrons. The first-order valence-corrected chi connectivity index (χ1v) is 12.2. The molecule has 0 spiro atoms. The summed E-state index contributed by atoms with van der Waals surface area (Å²) in [6.45, 7) is 4.94. The van der Waals surface area contributed by atoms with Crippen molar-refractivity contribution in [3.8, 4) is 11.4 Å². The van der Waals surface area contributed by atoms with Crippen molar-refractivity contribution in [1.82, 2.24) is 20.3 Å². The van der Waals surface area contributed by atoms with E-state index in [2.05, 4.69) is 31.6 Å². The number of ether oxygens (including phenoxy) is 1. The van der Waals surface area contributed by atoms with Gasteiger partial charge in [-0.1, -0.05) is 17.7 Å². The number of halogens is 1. The van der Waals surface area contributed by atoms with E-state index in [4.69, 9.17) is 21.3 Å². The Balaban J connectivity index is 1.53. The van der Waals surface area contributed by atoms with Crippen LogP contribution in [0.5, 0.6) is 0 Å². The maximum atomic E-state index is 13.4. The van der Waals surface area contributed by atoms with Crippen molar-refractivity contribution < 1.29 is 4.74 Å². The molecule has 2 aromatic heterocycles. The number of para-hydroxylation sites is 1. The van der Waals surface area contributed by atoms with Gasteiger partial charge in [-0.15, -0.1) is 0 Å². The van der Waals surface area contributed by atoms with Crippen molar-refractivity contribution in [2.24, 2.45) is 0 Å². The average Bonchev–Trinajstić information content (AvgIpc) is 3.29. The van der Waals surface area contributed by atoms with Crippen molar-refractivity contribution in [2.45, 2.75) is 18.9 Å². The largest absolute Gasteiger partial charge is 0.381 e. The molecule has 8 nitrogen and oxygen atoms in total. The smallest absolute Gasteiger partial charge is 0.261 e. The number of hydrogen-bond acceptors (Lipinski definition) is 6. The number of H-pyrrole nitrogens is 2. The number of nitrogens with one attached hydrogen (secondary N) is 4. The number of benzene rings is 2. The van der Waals surface area contributed by atoms with Gasteiger partial charge in [0.25, 0.3) is 5.56 Å². The second-order valence-electron chi connectivity index (χ2n) is 8.92. The standard InChI is InChI=1S/C25H27ClN6O2/c26-15-4-5-18-17(14-15)22(28-16-6-8-27-9-7-16)21(25(33)30-18)24-29-19-2-1-3-20(23(19)31-24)32-10-12-34-13-11-32/h1-5,14,16,27H,6-13H2,(H,29,31)(H2,28,30,33). The lowest BCUT2D eigenvalue weighted by atomic mass is 10.0. The van der Waals surface area contributed by atoms with E-state index >= 15 is 0 Å². The molecule has 6 rings (SSSR count). The van der Waals surface area contributed by atoms with Crippen LogP contribution in [-0.2, 0) is 4.74 Å². The molecule has 0 aliphatic carbocycles. The Kier molecular flexibility index (Phi) is 5.64. The Morgan fingerprint density at radius 1 is 1.09 bits per heavy atom. The summed E-state index contributed by atoms with van der Waals surface area (Å²) in [5.41, 5.74) is 4.69. The summed E-state index contributed by atoms with van der Waals surface area (Å²) in [5.74, 6) is 0.551. The van der Waals surface area contributed by atoms with Crippen LogP contribution in [0.15, 0.2) is 41.2 Å². The molecule has 2 aliphatic rings. The summed E-state index contributed by atoms with van der Waals surface area (Å²) >= 11 is 6.37. The second kappa shape index (κ2) is 8.94. The number of hydrogen-bond donors (Lipinski definition) is 4. The molecule has 2 aromatic carbocycles. The fourth-order valence-corrected chi connectivity index (χ4v) is 5.19. The minimum absolute atomic E-state index is 0.182.